The number of aryl methyl sites for hydroxylation is 2. The topological polar surface area (TPSA) is 49.4 Å². The minimum atomic E-state index is -0.521. The Labute approximate surface area is 156 Å². The van der Waals surface area contributed by atoms with E-state index in [0.717, 1.165) is 22.3 Å². The summed E-state index contributed by atoms with van der Waals surface area (Å²) in [5.41, 5.74) is 4.24. The number of amides is 2. The molecule has 0 aromatic heterocycles. The molecule has 0 aliphatic rings. The smallest absolute Gasteiger partial charge is 0.242 e. The fraction of sp³-hybridized carbons (Fsp3) is 0.364. The van der Waals surface area contributed by atoms with Gasteiger partial charge in [0.25, 0.3) is 0 Å². The molecule has 26 heavy (non-hydrogen) atoms. The molecular formula is C22H28N2O2. The van der Waals surface area contributed by atoms with Crippen molar-refractivity contribution < 1.29 is 9.59 Å². The second kappa shape index (κ2) is 9.18. The summed E-state index contributed by atoms with van der Waals surface area (Å²) in [6.07, 6.45) is 0.296. The summed E-state index contributed by atoms with van der Waals surface area (Å²) in [6.45, 7) is 8.67. The second-order valence-electron chi connectivity index (χ2n) is 6.68. The van der Waals surface area contributed by atoms with E-state index >= 15 is 0 Å². The molecule has 0 saturated carbocycles. The lowest BCUT2D eigenvalue weighted by Crippen LogP contribution is -2.48. The van der Waals surface area contributed by atoms with Crippen molar-refractivity contribution in [2.45, 2.75) is 46.7 Å². The van der Waals surface area contributed by atoms with Gasteiger partial charge in [0.2, 0.25) is 11.8 Å². The highest BCUT2D eigenvalue weighted by molar-refractivity contribution is 5.88. The minimum absolute atomic E-state index is 0.0405. The number of rotatable bonds is 7. The van der Waals surface area contributed by atoms with Crippen molar-refractivity contribution in [3.8, 4) is 0 Å². The molecule has 0 unspecified atom stereocenters. The minimum Gasteiger partial charge on any atom is -0.355 e. The highest BCUT2D eigenvalue weighted by Gasteiger charge is 2.26. The molecule has 0 bridgehead atoms. The van der Waals surface area contributed by atoms with Gasteiger partial charge < -0.3 is 10.2 Å². The van der Waals surface area contributed by atoms with Crippen LogP contribution >= 0.6 is 0 Å². The van der Waals surface area contributed by atoms with Gasteiger partial charge in [0.1, 0.15) is 6.04 Å². The van der Waals surface area contributed by atoms with E-state index in [1.165, 1.54) is 0 Å². The maximum atomic E-state index is 13.1. The Morgan fingerprint density at radius 1 is 1.08 bits per heavy atom. The predicted octanol–water partition coefficient (Wildman–Crippen LogP) is 3.40. The first-order chi connectivity index (χ1) is 12.4. The summed E-state index contributed by atoms with van der Waals surface area (Å²) in [5, 5.41) is 2.82. The Morgan fingerprint density at radius 2 is 1.77 bits per heavy atom. The van der Waals surface area contributed by atoms with Crippen LogP contribution in [0.2, 0.25) is 0 Å². The molecule has 1 atom stereocenters. The van der Waals surface area contributed by atoms with E-state index in [-0.39, 0.29) is 11.8 Å². The van der Waals surface area contributed by atoms with Crippen LogP contribution < -0.4 is 5.32 Å². The first-order valence-corrected chi connectivity index (χ1v) is 9.09. The molecule has 0 heterocycles. The predicted molar refractivity (Wildman–Crippen MR) is 105 cm³/mol. The van der Waals surface area contributed by atoms with Gasteiger partial charge in [-0.25, -0.2) is 0 Å². The largest absolute Gasteiger partial charge is 0.355 e. The van der Waals surface area contributed by atoms with Gasteiger partial charge in [-0.2, -0.15) is 0 Å². The summed E-state index contributed by atoms with van der Waals surface area (Å²) < 4.78 is 0. The fourth-order valence-corrected chi connectivity index (χ4v) is 2.94. The van der Waals surface area contributed by atoms with Gasteiger partial charge >= 0.3 is 0 Å². The zero-order valence-corrected chi connectivity index (χ0v) is 16.1. The van der Waals surface area contributed by atoms with Crippen LogP contribution in [-0.2, 0) is 22.6 Å². The third-order valence-corrected chi connectivity index (χ3v) is 4.56. The van der Waals surface area contributed by atoms with E-state index in [1.807, 2.05) is 69.3 Å². The Bertz CT molecular complexity index is 756. The molecule has 1 N–H and O–H groups in total. The zero-order chi connectivity index (χ0) is 19.1. The number of nitrogens with zero attached hydrogens (tertiary/aromatic N) is 1. The van der Waals surface area contributed by atoms with Crippen LogP contribution in [0.4, 0.5) is 0 Å². The zero-order valence-electron chi connectivity index (χ0n) is 16.1. The molecule has 0 radical (unpaired) electrons. The molecule has 0 saturated heterocycles. The Balaban J connectivity index is 2.25. The maximum absolute atomic E-state index is 13.1. The summed E-state index contributed by atoms with van der Waals surface area (Å²) in [7, 11) is 0. The number of hydrogen-bond donors (Lipinski definition) is 1. The van der Waals surface area contributed by atoms with Gasteiger partial charge in [-0.05, 0) is 44.4 Å². The van der Waals surface area contributed by atoms with Gasteiger partial charge in [-0.15, -0.1) is 0 Å². The molecule has 4 heteroatoms. The first-order valence-electron chi connectivity index (χ1n) is 9.09. The van der Waals surface area contributed by atoms with Gasteiger partial charge in [0, 0.05) is 13.1 Å². The summed E-state index contributed by atoms with van der Waals surface area (Å²) in [4.78, 5) is 27.1. The number of carbonyl (C=O) groups excluding carboxylic acids is 2. The summed E-state index contributed by atoms with van der Waals surface area (Å²) in [6, 6.07) is 15.4. The monoisotopic (exact) mass is 352 g/mol. The van der Waals surface area contributed by atoms with E-state index in [2.05, 4.69) is 5.32 Å². The number of carbonyl (C=O) groups is 2. The van der Waals surface area contributed by atoms with Gasteiger partial charge in [0.05, 0.1) is 6.42 Å². The Hall–Kier alpha value is -2.62. The van der Waals surface area contributed by atoms with Gasteiger partial charge in [0.15, 0.2) is 0 Å². The van der Waals surface area contributed by atoms with E-state index in [4.69, 9.17) is 0 Å². The van der Waals surface area contributed by atoms with Crippen LogP contribution in [-0.4, -0.2) is 29.3 Å². The van der Waals surface area contributed by atoms with Crippen LogP contribution in [0.3, 0.4) is 0 Å². The van der Waals surface area contributed by atoms with Crippen molar-refractivity contribution in [2.24, 2.45) is 0 Å². The van der Waals surface area contributed by atoms with Crippen LogP contribution in [0, 0.1) is 13.8 Å². The van der Waals surface area contributed by atoms with E-state index in [0.29, 0.717) is 19.5 Å². The van der Waals surface area contributed by atoms with Crippen molar-refractivity contribution >= 4 is 11.8 Å². The van der Waals surface area contributed by atoms with Crippen LogP contribution in [0.5, 0.6) is 0 Å². The molecule has 0 fully saturated rings. The highest BCUT2D eigenvalue weighted by atomic mass is 16.2. The normalized spacial score (nSPS) is 11.7. The molecule has 2 amide bonds. The lowest BCUT2D eigenvalue weighted by molar-refractivity contribution is -0.140. The number of hydrogen-bond acceptors (Lipinski definition) is 2. The number of benzene rings is 2. The average molecular weight is 352 g/mol. The van der Waals surface area contributed by atoms with E-state index < -0.39 is 6.04 Å². The van der Waals surface area contributed by atoms with Crippen LogP contribution in [0.15, 0.2) is 48.5 Å². The molecule has 138 valence electrons. The molecular weight excluding hydrogens is 324 g/mol. The molecule has 2 aromatic rings. The average Bonchev–Trinajstić information content (AvgIpc) is 2.63. The van der Waals surface area contributed by atoms with Crippen molar-refractivity contribution in [3.05, 3.63) is 70.8 Å². The van der Waals surface area contributed by atoms with Crippen LogP contribution in [0.1, 0.15) is 36.1 Å². The van der Waals surface area contributed by atoms with E-state index in [9.17, 15) is 9.59 Å². The quantitative estimate of drug-likeness (QED) is 0.830. The molecule has 0 spiro atoms. The molecule has 2 aromatic carbocycles. The van der Waals surface area contributed by atoms with Crippen molar-refractivity contribution in [2.75, 3.05) is 6.54 Å². The van der Waals surface area contributed by atoms with E-state index in [1.54, 1.807) is 11.8 Å². The molecule has 2 rings (SSSR count). The van der Waals surface area contributed by atoms with Crippen molar-refractivity contribution in [1.82, 2.24) is 10.2 Å². The van der Waals surface area contributed by atoms with Gasteiger partial charge in [-0.3, -0.25) is 9.59 Å². The lowest BCUT2D eigenvalue weighted by atomic mass is 10.0. The Kier molecular flexibility index (Phi) is 6.96. The SMILES string of the molecule is CCNC(=O)[C@H](C)N(Cc1ccccc1)C(=O)Cc1cc(C)ccc1C. The van der Waals surface area contributed by atoms with Crippen molar-refractivity contribution in [1.29, 1.82) is 0 Å². The third-order valence-electron chi connectivity index (χ3n) is 4.56. The summed E-state index contributed by atoms with van der Waals surface area (Å²) >= 11 is 0. The molecule has 4 nitrogen and oxygen atoms in total. The standard InChI is InChI=1S/C22H28N2O2/c1-5-23-22(26)18(4)24(15-19-9-7-6-8-10-19)21(25)14-20-13-16(2)11-12-17(20)3/h6-13,18H,5,14-15H2,1-4H3,(H,23,26)/t18-/m0/s1. The second-order valence-corrected chi connectivity index (χ2v) is 6.68. The number of nitrogens with one attached hydrogen (secondary N) is 1. The fourth-order valence-electron chi connectivity index (χ4n) is 2.94. The maximum Gasteiger partial charge on any atom is 0.242 e. The Morgan fingerprint density at radius 3 is 2.42 bits per heavy atom. The highest BCUT2D eigenvalue weighted by Crippen LogP contribution is 2.16. The lowest BCUT2D eigenvalue weighted by Gasteiger charge is -2.29. The summed E-state index contributed by atoms with van der Waals surface area (Å²) in [5.74, 6) is -0.168. The van der Waals surface area contributed by atoms with Crippen LogP contribution in [0.25, 0.3) is 0 Å². The van der Waals surface area contributed by atoms with Gasteiger partial charge in [-0.1, -0.05) is 54.1 Å². The molecule has 0 aliphatic heterocycles. The van der Waals surface area contributed by atoms with Crippen molar-refractivity contribution in [3.63, 3.8) is 0 Å². The third kappa shape index (κ3) is 5.19. The first kappa shape index (κ1) is 19.7. The molecule has 0 aliphatic carbocycles. The number of likely N-dealkylation sites (N-methyl/N-ethyl adjacent to an activating group) is 1.